The fourth-order valence-electron chi connectivity index (χ4n) is 1.87. The Labute approximate surface area is 129 Å². The molecule has 0 radical (unpaired) electrons. The highest BCUT2D eigenvalue weighted by Gasteiger charge is 2.09. The minimum atomic E-state index is -0.161. The Bertz CT molecular complexity index is 630. The molecule has 8 nitrogen and oxygen atoms in total. The SMILES string of the molecule is Cc1cc(C)nc(NCCC(=O)Nc2n[nH]c(C(C)C)n2)n1. The van der Waals surface area contributed by atoms with Crippen LogP contribution < -0.4 is 10.6 Å². The van der Waals surface area contributed by atoms with Gasteiger partial charge in [-0.15, -0.1) is 5.10 Å². The summed E-state index contributed by atoms with van der Waals surface area (Å²) in [6, 6.07) is 1.90. The van der Waals surface area contributed by atoms with E-state index in [9.17, 15) is 4.79 Å². The van der Waals surface area contributed by atoms with E-state index in [2.05, 4.69) is 35.8 Å². The van der Waals surface area contributed by atoms with Gasteiger partial charge in [0.05, 0.1) is 0 Å². The van der Waals surface area contributed by atoms with Crippen LogP contribution in [-0.4, -0.2) is 37.6 Å². The van der Waals surface area contributed by atoms with E-state index < -0.39 is 0 Å². The number of amides is 1. The summed E-state index contributed by atoms with van der Waals surface area (Å²) in [5, 5.41) is 12.4. The van der Waals surface area contributed by atoms with E-state index in [4.69, 9.17) is 0 Å². The number of aryl methyl sites for hydroxylation is 2. The van der Waals surface area contributed by atoms with Gasteiger partial charge in [0, 0.05) is 30.3 Å². The van der Waals surface area contributed by atoms with Gasteiger partial charge in [-0.2, -0.15) is 4.98 Å². The van der Waals surface area contributed by atoms with Crippen LogP contribution in [0.2, 0.25) is 0 Å². The molecule has 118 valence electrons. The van der Waals surface area contributed by atoms with Crippen LogP contribution in [0.4, 0.5) is 11.9 Å². The van der Waals surface area contributed by atoms with Crippen molar-refractivity contribution >= 4 is 17.8 Å². The van der Waals surface area contributed by atoms with E-state index >= 15 is 0 Å². The number of nitrogens with zero attached hydrogens (tertiary/aromatic N) is 4. The molecule has 2 heterocycles. The number of aromatic amines is 1. The smallest absolute Gasteiger partial charge is 0.248 e. The largest absolute Gasteiger partial charge is 0.354 e. The number of rotatable bonds is 6. The van der Waals surface area contributed by atoms with Crippen molar-refractivity contribution in [1.29, 1.82) is 0 Å². The maximum atomic E-state index is 11.8. The second kappa shape index (κ2) is 6.97. The van der Waals surface area contributed by atoms with Crippen molar-refractivity contribution < 1.29 is 4.79 Å². The van der Waals surface area contributed by atoms with Gasteiger partial charge >= 0.3 is 0 Å². The maximum absolute atomic E-state index is 11.8. The van der Waals surface area contributed by atoms with E-state index in [1.54, 1.807) is 0 Å². The van der Waals surface area contributed by atoms with Crippen LogP contribution in [0, 0.1) is 13.8 Å². The third-order valence-electron chi connectivity index (χ3n) is 2.92. The Morgan fingerprint density at radius 3 is 2.45 bits per heavy atom. The monoisotopic (exact) mass is 303 g/mol. The van der Waals surface area contributed by atoms with Gasteiger partial charge in [0.15, 0.2) is 0 Å². The van der Waals surface area contributed by atoms with Crippen LogP contribution in [-0.2, 0) is 4.79 Å². The molecule has 0 aliphatic rings. The summed E-state index contributed by atoms with van der Waals surface area (Å²) in [4.78, 5) is 24.5. The highest BCUT2D eigenvalue weighted by atomic mass is 16.1. The number of carbonyl (C=O) groups excluding carboxylic acids is 1. The van der Waals surface area contributed by atoms with E-state index in [0.717, 1.165) is 17.2 Å². The van der Waals surface area contributed by atoms with E-state index in [0.29, 0.717) is 18.4 Å². The van der Waals surface area contributed by atoms with Gasteiger partial charge in [-0.3, -0.25) is 15.2 Å². The Hall–Kier alpha value is -2.51. The first-order chi connectivity index (χ1) is 10.4. The van der Waals surface area contributed by atoms with E-state index in [1.807, 2.05) is 33.8 Å². The highest BCUT2D eigenvalue weighted by molar-refractivity contribution is 5.89. The fourth-order valence-corrected chi connectivity index (χ4v) is 1.87. The number of hydrogen-bond acceptors (Lipinski definition) is 6. The highest BCUT2D eigenvalue weighted by Crippen LogP contribution is 2.10. The quantitative estimate of drug-likeness (QED) is 0.750. The molecule has 0 aromatic carbocycles. The van der Waals surface area contributed by atoms with Gasteiger partial charge in [0.2, 0.25) is 17.8 Å². The van der Waals surface area contributed by atoms with Crippen LogP contribution in [0.1, 0.15) is 43.4 Å². The molecular weight excluding hydrogens is 282 g/mol. The molecule has 3 N–H and O–H groups in total. The van der Waals surface area contributed by atoms with E-state index in [-0.39, 0.29) is 18.2 Å². The molecule has 22 heavy (non-hydrogen) atoms. The topological polar surface area (TPSA) is 108 Å². The van der Waals surface area contributed by atoms with Crippen molar-refractivity contribution in [2.24, 2.45) is 0 Å². The van der Waals surface area contributed by atoms with Crippen molar-refractivity contribution in [3.05, 3.63) is 23.3 Å². The lowest BCUT2D eigenvalue weighted by molar-refractivity contribution is -0.116. The molecule has 0 aliphatic carbocycles. The van der Waals surface area contributed by atoms with Crippen molar-refractivity contribution in [1.82, 2.24) is 25.1 Å². The second-order valence-electron chi connectivity index (χ2n) is 5.40. The van der Waals surface area contributed by atoms with Crippen LogP contribution >= 0.6 is 0 Å². The molecule has 2 aromatic heterocycles. The first kappa shape index (κ1) is 15.9. The van der Waals surface area contributed by atoms with Gasteiger partial charge in [0.25, 0.3) is 0 Å². The van der Waals surface area contributed by atoms with Crippen molar-refractivity contribution in [2.45, 2.75) is 40.0 Å². The fraction of sp³-hybridized carbons (Fsp3) is 0.500. The molecule has 0 saturated heterocycles. The molecule has 0 fully saturated rings. The third kappa shape index (κ3) is 4.51. The zero-order valence-electron chi connectivity index (χ0n) is 13.3. The van der Waals surface area contributed by atoms with Crippen molar-refractivity contribution in [2.75, 3.05) is 17.2 Å². The Balaban J connectivity index is 1.80. The zero-order chi connectivity index (χ0) is 16.1. The van der Waals surface area contributed by atoms with Gasteiger partial charge in [-0.25, -0.2) is 9.97 Å². The number of carbonyl (C=O) groups is 1. The molecule has 0 unspecified atom stereocenters. The minimum absolute atomic E-state index is 0.161. The number of anilines is 2. The average molecular weight is 303 g/mol. The van der Waals surface area contributed by atoms with Crippen molar-refractivity contribution in [3.8, 4) is 0 Å². The molecule has 0 bridgehead atoms. The van der Waals surface area contributed by atoms with Crippen LogP contribution in [0.3, 0.4) is 0 Å². The average Bonchev–Trinajstić information content (AvgIpc) is 2.86. The molecular formula is C14H21N7O. The summed E-state index contributed by atoms with van der Waals surface area (Å²) >= 11 is 0. The Kier molecular flexibility index (Phi) is 5.03. The normalized spacial score (nSPS) is 10.8. The second-order valence-corrected chi connectivity index (χ2v) is 5.40. The standard InChI is InChI=1S/C14H21N7O/c1-8(2)12-19-14(21-20-12)18-11(22)5-6-15-13-16-9(3)7-10(4)17-13/h7-8H,5-6H2,1-4H3,(H,15,16,17)(H2,18,19,20,21,22). The first-order valence-corrected chi connectivity index (χ1v) is 7.22. The number of aromatic nitrogens is 5. The first-order valence-electron chi connectivity index (χ1n) is 7.22. The molecule has 1 amide bonds. The predicted octanol–water partition coefficient (Wildman–Crippen LogP) is 1.78. The molecule has 0 saturated carbocycles. The summed E-state index contributed by atoms with van der Waals surface area (Å²) in [5.41, 5.74) is 1.78. The van der Waals surface area contributed by atoms with Gasteiger partial charge < -0.3 is 5.32 Å². The summed E-state index contributed by atoms with van der Waals surface area (Å²) < 4.78 is 0. The molecule has 2 rings (SSSR count). The maximum Gasteiger partial charge on any atom is 0.248 e. The zero-order valence-corrected chi connectivity index (χ0v) is 13.3. The van der Waals surface area contributed by atoms with Gasteiger partial charge in [-0.1, -0.05) is 13.8 Å². The number of hydrogen-bond donors (Lipinski definition) is 3. The third-order valence-corrected chi connectivity index (χ3v) is 2.92. The molecule has 0 atom stereocenters. The summed E-state index contributed by atoms with van der Waals surface area (Å²) in [5.74, 6) is 1.66. The number of nitrogens with one attached hydrogen (secondary N) is 3. The van der Waals surface area contributed by atoms with Crippen molar-refractivity contribution in [3.63, 3.8) is 0 Å². The number of H-pyrrole nitrogens is 1. The lowest BCUT2D eigenvalue weighted by atomic mass is 10.2. The van der Waals surface area contributed by atoms with Crippen LogP contribution in [0.25, 0.3) is 0 Å². The molecule has 0 aliphatic heterocycles. The molecule has 2 aromatic rings. The minimum Gasteiger partial charge on any atom is -0.354 e. The van der Waals surface area contributed by atoms with Gasteiger partial charge in [0.1, 0.15) is 5.82 Å². The summed E-state index contributed by atoms with van der Waals surface area (Å²) in [6.07, 6.45) is 0.280. The molecule has 8 heteroatoms. The van der Waals surface area contributed by atoms with Gasteiger partial charge in [-0.05, 0) is 19.9 Å². The summed E-state index contributed by atoms with van der Waals surface area (Å²) in [7, 11) is 0. The predicted molar refractivity (Wildman–Crippen MR) is 83.7 cm³/mol. The van der Waals surface area contributed by atoms with Crippen LogP contribution in [0.15, 0.2) is 6.07 Å². The Morgan fingerprint density at radius 1 is 1.18 bits per heavy atom. The van der Waals surface area contributed by atoms with Crippen LogP contribution in [0.5, 0.6) is 0 Å². The van der Waals surface area contributed by atoms with E-state index in [1.165, 1.54) is 0 Å². The lowest BCUT2D eigenvalue weighted by Crippen LogP contribution is -2.18. The summed E-state index contributed by atoms with van der Waals surface area (Å²) in [6.45, 7) is 8.25. The molecule has 0 spiro atoms. The Morgan fingerprint density at radius 2 is 1.86 bits per heavy atom. The lowest BCUT2D eigenvalue weighted by Gasteiger charge is -2.06.